The van der Waals surface area contributed by atoms with Crippen LogP contribution in [0.4, 0.5) is 4.39 Å². The van der Waals surface area contributed by atoms with Gasteiger partial charge in [0.2, 0.25) is 0 Å². The Bertz CT molecular complexity index is 1050. The average Bonchev–Trinajstić information content (AvgIpc) is 3.27. The van der Waals surface area contributed by atoms with Crippen LogP contribution in [0.15, 0.2) is 79.4 Å². The Kier molecular flexibility index (Phi) is 7.82. The topological polar surface area (TPSA) is 39.1 Å². The second-order valence-electron chi connectivity index (χ2n) is 7.01. The molecule has 0 atom stereocenters. The van der Waals surface area contributed by atoms with Gasteiger partial charge in [-0.05, 0) is 47.5 Å². The van der Waals surface area contributed by atoms with Gasteiger partial charge in [0.15, 0.2) is 0 Å². The summed E-state index contributed by atoms with van der Waals surface area (Å²) in [7, 11) is 0. The van der Waals surface area contributed by atoms with Crippen LogP contribution >= 0.6 is 12.4 Å². The van der Waals surface area contributed by atoms with Crippen LogP contribution in [0.1, 0.15) is 17.5 Å². The quantitative estimate of drug-likeness (QED) is 0.367. The third kappa shape index (κ3) is 5.59. The number of hydrogen-bond donors (Lipinski definition) is 1. The minimum absolute atomic E-state index is 0. The number of benzene rings is 3. The SMILES string of the molecule is Cl.Fc1ccc(COc2ccc3ccccc3c2CNCCCn2ccnc2)cc1. The van der Waals surface area contributed by atoms with Crippen molar-refractivity contribution in [2.45, 2.75) is 26.1 Å². The van der Waals surface area contributed by atoms with Crippen LogP contribution < -0.4 is 10.1 Å². The molecule has 0 fully saturated rings. The Hall–Kier alpha value is -2.89. The third-order valence-electron chi connectivity index (χ3n) is 4.94. The molecule has 1 aromatic heterocycles. The van der Waals surface area contributed by atoms with E-state index in [4.69, 9.17) is 4.74 Å². The normalized spacial score (nSPS) is 10.7. The van der Waals surface area contributed by atoms with E-state index in [0.717, 1.165) is 42.9 Å². The van der Waals surface area contributed by atoms with Crippen molar-refractivity contribution >= 4 is 23.2 Å². The first kappa shape index (κ1) is 21.8. The molecule has 0 aliphatic heterocycles. The second-order valence-corrected chi connectivity index (χ2v) is 7.01. The fourth-order valence-corrected chi connectivity index (χ4v) is 3.39. The first-order valence-corrected chi connectivity index (χ1v) is 9.84. The van der Waals surface area contributed by atoms with Crippen LogP contribution in [-0.4, -0.2) is 16.1 Å². The largest absolute Gasteiger partial charge is 0.489 e. The molecule has 0 spiro atoms. The molecule has 0 unspecified atom stereocenters. The molecule has 3 aromatic carbocycles. The van der Waals surface area contributed by atoms with Crippen molar-refractivity contribution in [3.8, 4) is 5.75 Å². The highest BCUT2D eigenvalue weighted by atomic mass is 35.5. The number of fused-ring (bicyclic) bond motifs is 1. The summed E-state index contributed by atoms with van der Waals surface area (Å²) in [5.41, 5.74) is 2.09. The molecule has 156 valence electrons. The van der Waals surface area contributed by atoms with Gasteiger partial charge in [0.05, 0.1) is 6.33 Å². The number of rotatable bonds is 9. The maximum absolute atomic E-state index is 13.1. The minimum Gasteiger partial charge on any atom is -0.489 e. The van der Waals surface area contributed by atoms with Crippen molar-refractivity contribution in [3.63, 3.8) is 0 Å². The van der Waals surface area contributed by atoms with Gasteiger partial charge < -0.3 is 14.6 Å². The van der Waals surface area contributed by atoms with E-state index in [1.165, 1.54) is 22.9 Å². The first-order chi connectivity index (χ1) is 14.3. The Morgan fingerprint density at radius 3 is 2.63 bits per heavy atom. The molecule has 0 amide bonds. The molecule has 4 aromatic rings. The molecule has 0 saturated carbocycles. The molecule has 0 radical (unpaired) electrons. The number of hydrogen-bond acceptors (Lipinski definition) is 3. The van der Waals surface area contributed by atoms with Gasteiger partial charge >= 0.3 is 0 Å². The molecular weight excluding hydrogens is 401 g/mol. The lowest BCUT2D eigenvalue weighted by Gasteiger charge is -2.15. The Labute approximate surface area is 182 Å². The summed E-state index contributed by atoms with van der Waals surface area (Å²) < 4.78 is 21.3. The molecule has 0 bridgehead atoms. The van der Waals surface area contributed by atoms with E-state index in [1.807, 2.05) is 24.7 Å². The zero-order chi connectivity index (χ0) is 19.9. The van der Waals surface area contributed by atoms with Crippen molar-refractivity contribution < 1.29 is 9.13 Å². The van der Waals surface area contributed by atoms with Gasteiger partial charge in [0, 0.05) is 31.0 Å². The fraction of sp³-hybridized carbons (Fsp3) is 0.208. The summed E-state index contributed by atoms with van der Waals surface area (Å²) in [4.78, 5) is 4.07. The summed E-state index contributed by atoms with van der Waals surface area (Å²) in [5, 5.41) is 5.92. The minimum atomic E-state index is -0.236. The van der Waals surface area contributed by atoms with Crippen LogP contribution in [0.2, 0.25) is 0 Å². The number of imidazole rings is 1. The van der Waals surface area contributed by atoms with E-state index in [2.05, 4.69) is 39.1 Å². The molecule has 1 heterocycles. The summed E-state index contributed by atoms with van der Waals surface area (Å²) in [6.45, 7) is 2.98. The van der Waals surface area contributed by atoms with E-state index >= 15 is 0 Å². The van der Waals surface area contributed by atoms with Gasteiger partial charge in [-0.1, -0.05) is 42.5 Å². The summed E-state index contributed by atoms with van der Waals surface area (Å²) >= 11 is 0. The Morgan fingerprint density at radius 2 is 1.83 bits per heavy atom. The lowest BCUT2D eigenvalue weighted by atomic mass is 10.0. The zero-order valence-electron chi connectivity index (χ0n) is 16.6. The zero-order valence-corrected chi connectivity index (χ0v) is 17.4. The van der Waals surface area contributed by atoms with Gasteiger partial charge in [-0.25, -0.2) is 9.37 Å². The van der Waals surface area contributed by atoms with Gasteiger partial charge in [0.25, 0.3) is 0 Å². The predicted octanol–water partition coefficient (Wildman–Crippen LogP) is 5.36. The molecule has 4 rings (SSSR count). The van der Waals surface area contributed by atoms with E-state index in [1.54, 1.807) is 18.3 Å². The van der Waals surface area contributed by atoms with E-state index in [0.29, 0.717) is 6.61 Å². The number of nitrogens with one attached hydrogen (secondary N) is 1. The summed E-state index contributed by atoms with van der Waals surface area (Å²) in [5.74, 6) is 0.621. The average molecular weight is 426 g/mol. The highest BCUT2D eigenvalue weighted by Gasteiger charge is 2.09. The molecule has 30 heavy (non-hydrogen) atoms. The molecule has 4 nitrogen and oxygen atoms in total. The summed E-state index contributed by atoms with van der Waals surface area (Å²) in [6, 6.07) is 18.9. The molecule has 0 saturated heterocycles. The number of nitrogens with zero attached hydrogens (tertiary/aromatic N) is 2. The van der Waals surface area contributed by atoms with Crippen LogP contribution in [0.25, 0.3) is 10.8 Å². The van der Waals surface area contributed by atoms with Crippen molar-refractivity contribution in [1.82, 2.24) is 14.9 Å². The number of aromatic nitrogens is 2. The van der Waals surface area contributed by atoms with Crippen molar-refractivity contribution in [2.75, 3.05) is 6.54 Å². The molecule has 1 N–H and O–H groups in total. The smallest absolute Gasteiger partial charge is 0.124 e. The van der Waals surface area contributed by atoms with Crippen molar-refractivity contribution in [2.24, 2.45) is 0 Å². The molecule has 6 heteroatoms. The lowest BCUT2D eigenvalue weighted by Crippen LogP contribution is -2.17. The van der Waals surface area contributed by atoms with Crippen LogP contribution in [0.3, 0.4) is 0 Å². The number of halogens is 2. The standard InChI is InChI=1S/C24H24FN3O.ClH/c25-21-9-6-19(7-10-21)17-29-24-11-8-20-4-1-2-5-22(20)23(24)16-26-12-3-14-28-15-13-27-18-28;/h1-2,4-11,13,15,18,26H,3,12,14,16-17H2;1H. The fourth-order valence-electron chi connectivity index (χ4n) is 3.39. The van der Waals surface area contributed by atoms with Crippen LogP contribution in [-0.2, 0) is 19.7 Å². The highest BCUT2D eigenvalue weighted by Crippen LogP contribution is 2.28. The number of ether oxygens (including phenoxy) is 1. The van der Waals surface area contributed by atoms with E-state index in [-0.39, 0.29) is 18.2 Å². The first-order valence-electron chi connectivity index (χ1n) is 9.84. The van der Waals surface area contributed by atoms with E-state index < -0.39 is 0 Å². The molecule has 0 aliphatic carbocycles. The van der Waals surface area contributed by atoms with E-state index in [9.17, 15) is 4.39 Å². The maximum atomic E-state index is 13.1. The van der Waals surface area contributed by atoms with Gasteiger partial charge in [-0.2, -0.15) is 0 Å². The van der Waals surface area contributed by atoms with Crippen molar-refractivity contribution in [3.05, 3.63) is 96.3 Å². The highest BCUT2D eigenvalue weighted by molar-refractivity contribution is 5.87. The monoisotopic (exact) mass is 425 g/mol. The van der Waals surface area contributed by atoms with Gasteiger partial charge in [0.1, 0.15) is 18.2 Å². The second kappa shape index (κ2) is 10.8. The molecule has 0 aliphatic rings. The van der Waals surface area contributed by atoms with Crippen LogP contribution in [0.5, 0.6) is 5.75 Å². The number of aryl methyl sites for hydroxylation is 1. The van der Waals surface area contributed by atoms with Crippen LogP contribution in [0, 0.1) is 5.82 Å². The Balaban J connectivity index is 0.00000256. The van der Waals surface area contributed by atoms with Gasteiger partial charge in [-0.3, -0.25) is 0 Å². The lowest BCUT2D eigenvalue weighted by molar-refractivity contribution is 0.302. The summed E-state index contributed by atoms with van der Waals surface area (Å²) in [6.07, 6.45) is 6.64. The van der Waals surface area contributed by atoms with Gasteiger partial charge in [-0.15, -0.1) is 12.4 Å². The Morgan fingerprint density at radius 1 is 1.00 bits per heavy atom. The third-order valence-corrected chi connectivity index (χ3v) is 4.94. The van der Waals surface area contributed by atoms with Crippen molar-refractivity contribution in [1.29, 1.82) is 0 Å². The predicted molar refractivity (Wildman–Crippen MR) is 120 cm³/mol. The molecular formula is C24H25ClFN3O. The maximum Gasteiger partial charge on any atom is 0.124 e.